The van der Waals surface area contributed by atoms with Crippen LogP contribution >= 0.6 is 11.6 Å². The van der Waals surface area contributed by atoms with Gasteiger partial charge in [0.05, 0.1) is 16.6 Å². The van der Waals surface area contributed by atoms with Gasteiger partial charge in [0.25, 0.3) is 0 Å². The molecule has 2 aromatic rings. The van der Waals surface area contributed by atoms with Gasteiger partial charge in [0.1, 0.15) is 0 Å². The predicted octanol–water partition coefficient (Wildman–Crippen LogP) is 3.44. The minimum atomic E-state index is -0.397. The van der Waals surface area contributed by atoms with E-state index in [1.165, 1.54) is 0 Å². The Morgan fingerprint density at radius 2 is 1.92 bits per heavy atom. The van der Waals surface area contributed by atoms with Crippen molar-refractivity contribution in [3.63, 3.8) is 0 Å². The van der Waals surface area contributed by atoms with E-state index in [2.05, 4.69) is 10.6 Å². The van der Waals surface area contributed by atoms with Gasteiger partial charge in [-0.1, -0.05) is 48.9 Å². The fourth-order valence-corrected chi connectivity index (χ4v) is 3.32. The molecular weight excluding hydrogens is 350 g/mol. The molecule has 1 heterocycles. The Labute approximate surface area is 158 Å². The molecule has 5 nitrogen and oxygen atoms in total. The Balaban J connectivity index is 1.70. The van der Waals surface area contributed by atoms with Gasteiger partial charge in [-0.25, -0.2) is 0 Å². The van der Waals surface area contributed by atoms with Gasteiger partial charge in [0.2, 0.25) is 11.8 Å². The van der Waals surface area contributed by atoms with Crippen molar-refractivity contribution in [2.75, 3.05) is 23.3 Å². The fourth-order valence-electron chi connectivity index (χ4n) is 3.08. The molecule has 0 bridgehead atoms. The maximum absolute atomic E-state index is 12.7. The summed E-state index contributed by atoms with van der Waals surface area (Å²) in [6.45, 7) is 3.91. The third-order valence-corrected chi connectivity index (χ3v) is 4.80. The van der Waals surface area contributed by atoms with E-state index < -0.39 is 5.92 Å². The first-order valence-electron chi connectivity index (χ1n) is 8.74. The van der Waals surface area contributed by atoms with Gasteiger partial charge in [-0.3, -0.25) is 9.59 Å². The first kappa shape index (κ1) is 18.4. The number of anilines is 2. The third-order valence-electron chi connectivity index (χ3n) is 4.48. The van der Waals surface area contributed by atoms with Crippen LogP contribution in [-0.4, -0.2) is 24.9 Å². The fraction of sp³-hybridized carbons (Fsp3) is 0.300. The number of para-hydroxylation sites is 2. The summed E-state index contributed by atoms with van der Waals surface area (Å²) >= 11 is 6.19. The molecule has 2 amide bonds. The summed E-state index contributed by atoms with van der Waals surface area (Å²) in [4.78, 5) is 26.7. The van der Waals surface area contributed by atoms with Crippen molar-refractivity contribution in [2.24, 2.45) is 5.92 Å². The molecule has 1 saturated heterocycles. The molecule has 1 fully saturated rings. The van der Waals surface area contributed by atoms with E-state index in [9.17, 15) is 9.59 Å². The normalized spacial score (nSPS) is 16.8. The first-order valence-corrected chi connectivity index (χ1v) is 9.12. The van der Waals surface area contributed by atoms with E-state index >= 15 is 0 Å². The lowest BCUT2D eigenvalue weighted by molar-refractivity contribution is -0.122. The minimum Gasteiger partial charge on any atom is -0.325 e. The summed E-state index contributed by atoms with van der Waals surface area (Å²) in [6, 6.07) is 14.9. The van der Waals surface area contributed by atoms with Gasteiger partial charge >= 0.3 is 0 Å². The molecule has 0 aromatic heterocycles. The number of nitrogens with one attached hydrogen (secondary N) is 2. The summed E-state index contributed by atoms with van der Waals surface area (Å²) in [5.41, 5.74) is 2.46. The van der Waals surface area contributed by atoms with E-state index in [0.717, 1.165) is 17.8 Å². The van der Waals surface area contributed by atoms with Crippen LogP contribution in [0.2, 0.25) is 5.02 Å². The van der Waals surface area contributed by atoms with Crippen molar-refractivity contribution in [3.8, 4) is 0 Å². The van der Waals surface area contributed by atoms with Crippen LogP contribution in [0.3, 0.4) is 0 Å². The number of hydrogen-bond donors (Lipinski definition) is 2. The minimum absolute atomic E-state index is 0.0841. The second-order valence-electron chi connectivity index (χ2n) is 6.28. The van der Waals surface area contributed by atoms with Crippen LogP contribution in [0, 0.1) is 5.92 Å². The molecule has 2 aromatic carbocycles. The molecule has 3 rings (SSSR count). The van der Waals surface area contributed by atoms with Gasteiger partial charge in [-0.2, -0.15) is 0 Å². The van der Waals surface area contributed by atoms with Crippen LogP contribution in [0.15, 0.2) is 48.5 Å². The number of rotatable bonds is 6. The van der Waals surface area contributed by atoms with Crippen molar-refractivity contribution in [2.45, 2.75) is 19.9 Å². The van der Waals surface area contributed by atoms with Crippen molar-refractivity contribution in [1.29, 1.82) is 0 Å². The van der Waals surface area contributed by atoms with Gasteiger partial charge in [0, 0.05) is 25.2 Å². The number of nitrogens with zero attached hydrogens (tertiary/aromatic N) is 1. The van der Waals surface area contributed by atoms with E-state index in [1.807, 2.05) is 43.3 Å². The summed E-state index contributed by atoms with van der Waals surface area (Å²) in [7, 11) is 0. The number of amides is 2. The molecule has 1 atom stereocenters. The summed E-state index contributed by atoms with van der Waals surface area (Å²) in [5.74, 6) is -0.623. The molecule has 2 N–H and O–H groups in total. The lowest BCUT2D eigenvalue weighted by Gasteiger charge is -2.18. The standard InChI is InChI=1S/C20H22ClN3O2/c1-2-22-12-14-7-3-5-9-17(14)23-20(26)15-11-19(25)24(13-15)18-10-6-4-8-16(18)21/h3-10,15,22H,2,11-13H2,1H3,(H,23,26). The highest BCUT2D eigenvalue weighted by molar-refractivity contribution is 6.33. The van der Waals surface area contributed by atoms with Crippen molar-refractivity contribution >= 4 is 34.8 Å². The van der Waals surface area contributed by atoms with Gasteiger partial charge in [-0.05, 0) is 30.3 Å². The molecule has 136 valence electrons. The van der Waals surface area contributed by atoms with E-state index in [4.69, 9.17) is 11.6 Å². The predicted molar refractivity (Wildman–Crippen MR) is 104 cm³/mol. The molecule has 1 aliphatic heterocycles. The molecule has 1 aliphatic rings. The topological polar surface area (TPSA) is 61.4 Å². The van der Waals surface area contributed by atoms with Gasteiger partial charge < -0.3 is 15.5 Å². The van der Waals surface area contributed by atoms with E-state index in [-0.39, 0.29) is 18.2 Å². The first-order chi connectivity index (χ1) is 12.6. The van der Waals surface area contributed by atoms with Crippen LogP contribution < -0.4 is 15.5 Å². The molecular formula is C20H22ClN3O2. The van der Waals surface area contributed by atoms with Crippen molar-refractivity contribution in [1.82, 2.24) is 5.32 Å². The zero-order valence-electron chi connectivity index (χ0n) is 14.7. The Kier molecular flexibility index (Phi) is 5.91. The highest BCUT2D eigenvalue weighted by atomic mass is 35.5. The van der Waals surface area contributed by atoms with Crippen LogP contribution in [0.1, 0.15) is 18.9 Å². The van der Waals surface area contributed by atoms with Gasteiger partial charge in [0.15, 0.2) is 0 Å². The van der Waals surface area contributed by atoms with Crippen molar-refractivity contribution in [3.05, 3.63) is 59.1 Å². The zero-order valence-corrected chi connectivity index (χ0v) is 15.4. The third kappa shape index (κ3) is 4.06. The largest absolute Gasteiger partial charge is 0.325 e. The van der Waals surface area contributed by atoms with Crippen LogP contribution in [-0.2, 0) is 16.1 Å². The highest BCUT2D eigenvalue weighted by Crippen LogP contribution is 2.31. The Bertz CT molecular complexity index is 809. The number of halogens is 1. The zero-order chi connectivity index (χ0) is 18.5. The second kappa shape index (κ2) is 8.34. The monoisotopic (exact) mass is 371 g/mol. The second-order valence-corrected chi connectivity index (χ2v) is 6.69. The molecule has 0 radical (unpaired) electrons. The van der Waals surface area contributed by atoms with Crippen molar-refractivity contribution < 1.29 is 9.59 Å². The van der Waals surface area contributed by atoms with Crippen LogP contribution in [0.5, 0.6) is 0 Å². The SMILES string of the molecule is CCNCc1ccccc1NC(=O)C1CC(=O)N(c2ccccc2Cl)C1. The summed E-state index contributed by atoms with van der Waals surface area (Å²) in [5, 5.41) is 6.75. The summed E-state index contributed by atoms with van der Waals surface area (Å²) < 4.78 is 0. The Morgan fingerprint density at radius 1 is 1.19 bits per heavy atom. The molecule has 0 spiro atoms. The smallest absolute Gasteiger partial charge is 0.229 e. The molecule has 0 aliphatic carbocycles. The quantitative estimate of drug-likeness (QED) is 0.817. The Hall–Kier alpha value is -2.37. The molecule has 6 heteroatoms. The maximum atomic E-state index is 12.7. The average Bonchev–Trinajstić information content (AvgIpc) is 3.03. The molecule has 26 heavy (non-hydrogen) atoms. The number of hydrogen-bond acceptors (Lipinski definition) is 3. The lowest BCUT2D eigenvalue weighted by atomic mass is 10.1. The molecule has 0 saturated carbocycles. The maximum Gasteiger partial charge on any atom is 0.229 e. The van der Waals surface area contributed by atoms with Gasteiger partial charge in [-0.15, -0.1) is 0 Å². The van der Waals surface area contributed by atoms with E-state index in [0.29, 0.717) is 23.8 Å². The average molecular weight is 372 g/mol. The number of benzene rings is 2. The van der Waals surface area contributed by atoms with E-state index in [1.54, 1.807) is 17.0 Å². The number of carbonyl (C=O) groups is 2. The summed E-state index contributed by atoms with van der Waals surface area (Å²) in [6.07, 6.45) is 0.187. The Morgan fingerprint density at radius 3 is 2.69 bits per heavy atom. The lowest BCUT2D eigenvalue weighted by Crippen LogP contribution is -2.28. The van der Waals surface area contributed by atoms with Crippen LogP contribution in [0.25, 0.3) is 0 Å². The van der Waals surface area contributed by atoms with Crippen LogP contribution in [0.4, 0.5) is 11.4 Å². The highest BCUT2D eigenvalue weighted by Gasteiger charge is 2.36. The molecule has 1 unspecified atom stereocenters. The number of carbonyl (C=O) groups excluding carboxylic acids is 2.